The highest BCUT2D eigenvalue weighted by atomic mass is 35.5. The summed E-state index contributed by atoms with van der Waals surface area (Å²) < 4.78 is 5.13. The molecule has 2 aromatic rings. The molecule has 5 heteroatoms. The number of ether oxygens (including phenoxy) is 1. The van der Waals surface area contributed by atoms with Crippen LogP contribution in [0.1, 0.15) is 15.9 Å². The van der Waals surface area contributed by atoms with E-state index < -0.39 is 0 Å². The van der Waals surface area contributed by atoms with Crippen LogP contribution >= 0.6 is 11.6 Å². The number of amides is 1. The van der Waals surface area contributed by atoms with Gasteiger partial charge in [0.15, 0.2) is 0 Å². The molecular formula is C14H13ClN2O2. The number of aromatic nitrogens is 1. The Morgan fingerprint density at radius 2 is 2.16 bits per heavy atom. The molecule has 0 spiro atoms. The average Bonchev–Trinajstić information content (AvgIpc) is 2.41. The summed E-state index contributed by atoms with van der Waals surface area (Å²) in [7, 11) is 1.58. The molecule has 1 heterocycles. The summed E-state index contributed by atoms with van der Waals surface area (Å²) in [4.78, 5) is 16.0. The fourth-order valence-corrected chi connectivity index (χ4v) is 1.81. The number of halogens is 1. The van der Waals surface area contributed by atoms with Crippen LogP contribution in [0.15, 0.2) is 36.5 Å². The molecule has 0 bridgehead atoms. The van der Waals surface area contributed by atoms with E-state index in [9.17, 15) is 4.79 Å². The molecule has 98 valence electrons. The number of hydrogen-bond acceptors (Lipinski definition) is 3. The lowest BCUT2D eigenvalue weighted by Crippen LogP contribution is -2.13. The van der Waals surface area contributed by atoms with Crippen molar-refractivity contribution < 1.29 is 9.53 Å². The molecule has 2 rings (SSSR count). The van der Waals surface area contributed by atoms with Gasteiger partial charge in [-0.3, -0.25) is 4.79 Å². The maximum Gasteiger partial charge on any atom is 0.258 e. The second-order valence-corrected chi connectivity index (χ2v) is 4.33. The van der Waals surface area contributed by atoms with Gasteiger partial charge in [-0.05, 0) is 30.7 Å². The van der Waals surface area contributed by atoms with E-state index in [4.69, 9.17) is 16.3 Å². The molecule has 1 amide bonds. The Bertz CT molecular complexity index is 614. The molecule has 4 nitrogen and oxygen atoms in total. The van der Waals surface area contributed by atoms with Crippen LogP contribution in [0.25, 0.3) is 0 Å². The van der Waals surface area contributed by atoms with Gasteiger partial charge in [-0.25, -0.2) is 4.98 Å². The summed E-state index contributed by atoms with van der Waals surface area (Å²) in [5.41, 5.74) is 1.96. The SMILES string of the molecule is COc1ccc(C)c(NC(=O)c2cccnc2Cl)c1. The Balaban J connectivity index is 2.26. The number of carbonyl (C=O) groups excluding carboxylic acids is 1. The van der Waals surface area contributed by atoms with Gasteiger partial charge in [0.2, 0.25) is 0 Å². The van der Waals surface area contributed by atoms with E-state index in [2.05, 4.69) is 10.3 Å². The molecule has 0 aliphatic rings. The molecule has 0 atom stereocenters. The normalized spacial score (nSPS) is 10.1. The van der Waals surface area contributed by atoms with Gasteiger partial charge in [0.05, 0.1) is 12.7 Å². The second-order valence-electron chi connectivity index (χ2n) is 3.98. The van der Waals surface area contributed by atoms with E-state index in [1.165, 1.54) is 6.20 Å². The maximum atomic E-state index is 12.1. The maximum absolute atomic E-state index is 12.1. The number of nitrogens with one attached hydrogen (secondary N) is 1. The fraction of sp³-hybridized carbons (Fsp3) is 0.143. The van der Waals surface area contributed by atoms with E-state index in [1.807, 2.05) is 19.1 Å². The van der Waals surface area contributed by atoms with Crippen molar-refractivity contribution in [2.75, 3.05) is 12.4 Å². The van der Waals surface area contributed by atoms with Gasteiger partial charge in [-0.2, -0.15) is 0 Å². The Morgan fingerprint density at radius 3 is 2.84 bits per heavy atom. The van der Waals surface area contributed by atoms with Crippen LogP contribution in [-0.2, 0) is 0 Å². The number of nitrogens with zero attached hydrogens (tertiary/aromatic N) is 1. The first-order valence-electron chi connectivity index (χ1n) is 5.68. The second kappa shape index (κ2) is 5.71. The highest BCUT2D eigenvalue weighted by Gasteiger charge is 2.12. The number of pyridine rings is 1. The smallest absolute Gasteiger partial charge is 0.258 e. The summed E-state index contributed by atoms with van der Waals surface area (Å²) in [6.45, 7) is 1.90. The predicted molar refractivity (Wildman–Crippen MR) is 74.9 cm³/mol. The van der Waals surface area contributed by atoms with Gasteiger partial charge in [0.25, 0.3) is 5.91 Å². The monoisotopic (exact) mass is 276 g/mol. The van der Waals surface area contributed by atoms with Crippen molar-refractivity contribution >= 4 is 23.2 Å². The third-order valence-corrected chi connectivity index (χ3v) is 3.00. The van der Waals surface area contributed by atoms with E-state index >= 15 is 0 Å². The minimum atomic E-state index is -0.297. The highest BCUT2D eigenvalue weighted by Crippen LogP contribution is 2.23. The molecule has 1 N–H and O–H groups in total. The lowest BCUT2D eigenvalue weighted by Gasteiger charge is -2.10. The van der Waals surface area contributed by atoms with E-state index in [0.29, 0.717) is 17.0 Å². The first-order valence-corrected chi connectivity index (χ1v) is 6.06. The molecule has 0 saturated carbocycles. The van der Waals surface area contributed by atoms with Gasteiger partial charge in [-0.1, -0.05) is 17.7 Å². The number of rotatable bonds is 3. The standard InChI is InChI=1S/C14H13ClN2O2/c1-9-5-6-10(19-2)8-12(9)17-14(18)11-4-3-7-16-13(11)15/h3-8H,1-2H3,(H,17,18). The Hall–Kier alpha value is -2.07. The number of carbonyl (C=O) groups is 1. The highest BCUT2D eigenvalue weighted by molar-refractivity contribution is 6.33. The van der Waals surface area contributed by atoms with Crippen LogP contribution in [0.5, 0.6) is 5.75 Å². The molecule has 0 aliphatic carbocycles. The Labute approximate surface area is 116 Å². The number of methoxy groups -OCH3 is 1. The zero-order valence-electron chi connectivity index (χ0n) is 10.6. The van der Waals surface area contributed by atoms with Crippen LogP contribution in [0.4, 0.5) is 5.69 Å². The van der Waals surface area contributed by atoms with E-state index in [-0.39, 0.29) is 11.1 Å². The first kappa shape index (κ1) is 13.4. The Morgan fingerprint density at radius 1 is 1.37 bits per heavy atom. The average molecular weight is 277 g/mol. The third-order valence-electron chi connectivity index (χ3n) is 2.70. The van der Waals surface area contributed by atoms with Crippen molar-refractivity contribution in [1.29, 1.82) is 0 Å². The summed E-state index contributed by atoms with van der Waals surface area (Å²) in [6.07, 6.45) is 1.54. The zero-order valence-corrected chi connectivity index (χ0v) is 11.4. The topological polar surface area (TPSA) is 51.2 Å². The summed E-state index contributed by atoms with van der Waals surface area (Å²) in [6, 6.07) is 8.76. The minimum absolute atomic E-state index is 0.181. The molecule has 0 unspecified atom stereocenters. The Kier molecular flexibility index (Phi) is 4.02. The van der Waals surface area contributed by atoms with Crippen molar-refractivity contribution in [3.8, 4) is 5.75 Å². The quantitative estimate of drug-likeness (QED) is 0.875. The number of benzene rings is 1. The summed E-state index contributed by atoms with van der Waals surface area (Å²) >= 11 is 5.89. The lowest BCUT2D eigenvalue weighted by atomic mass is 10.1. The molecule has 0 saturated heterocycles. The van der Waals surface area contributed by atoms with Crippen molar-refractivity contribution in [2.45, 2.75) is 6.92 Å². The molecule has 1 aromatic heterocycles. The van der Waals surface area contributed by atoms with Crippen LogP contribution in [0, 0.1) is 6.92 Å². The molecule has 0 aliphatic heterocycles. The van der Waals surface area contributed by atoms with Crippen LogP contribution in [-0.4, -0.2) is 18.0 Å². The van der Waals surface area contributed by atoms with Gasteiger partial charge in [0.1, 0.15) is 10.9 Å². The van der Waals surface area contributed by atoms with Crippen molar-refractivity contribution in [3.63, 3.8) is 0 Å². The zero-order chi connectivity index (χ0) is 13.8. The summed E-state index contributed by atoms with van der Waals surface area (Å²) in [5.74, 6) is 0.382. The summed E-state index contributed by atoms with van der Waals surface area (Å²) in [5, 5.41) is 2.98. The number of hydrogen-bond donors (Lipinski definition) is 1. The predicted octanol–water partition coefficient (Wildman–Crippen LogP) is 3.30. The molecule has 0 fully saturated rings. The van der Waals surface area contributed by atoms with E-state index in [1.54, 1.807) is 25.3 Å². The molecule has 1 aromatic carbocycles. The van der Waals surface area contributed by atoms with Gasteiger partial charge < -0.3 is 10.1 Å². The van der Waals surface area contributed by atoms with Gasteiger partial charge >= 0.3 is 0 Å². The molecule has 0 radical (unpaired) electrons. The minimum Gasteiger partial charge on any atom is -0.497 e. The lowest BCUT2D eigenvalue weighted by molar-refractivity contribution is 0.102. The van der Waals surface area contributed by atoms with Crippen LogP contribution < -0.4 is 10.1 Å². The van der Waals surface area contributed by atoms with Crippen LogP contribution in [0.2, 0.25) is 5.15 Å². The fourth-order valence-electron chi connectivity index (χ4n) is 1.61. The molecule has 19 heavy (non-hydrogen) atoms. The molecular weight excluding hydrogens is 264 g/mol. The number of aryl methyl sites for hydroxylation is 1. The number of anilines is 1. The largest absolute Gasteiger partial charge is 0.497 e. The van der Waals surface area contributed by atoms with Gasteiger partial charge in [-0.15, -0.1) is 0 Å². The van der Waals surface area contributed by atoms with Gasteiger partial charge in [0, 0.05) is 18.0 Å². The van der Waals surface area contributed by atoms with Crippen molar-refractivity contribution in [2.24, 2.45) is 0 Å². The first-order chi connectivity index (χ1) is 9.11. The van der Waals surface area contributed by atoms with Crippen molar-refractivity contribution in [1.82, 2.24) is 4.98 Å². The van der Waals surface area contributed by atoms with Crippen molar-refractivity contribution in [3.05, 3.63) is 52.8 Å². The third kappa shape index (κ3) is 3.03. The van der Waals surface area contributed by atoms with Crippen LogP contribution in [0.3, 0.4) is 0 Å². The van der Waals surface area contributed by atoms with E-state index in [0.717, 1.165) is 5.56 Å².